The zero-order valence-corrected chi connectivity index (χ0v) is 16.9. The Labute approximate surface area is 177 Å². The third-order valence-electron chi connectivity index (χ3n) is 5.64. The molecule has 2 aromatic rings. The minimum absolute atomic E-state index is 0.0450. The number of aromatic nitrogens is 1. The van der Waals surface area contributed by atoms with Gasteiger partial charge < -0.3 is 20.0 Å². The second kappa shape index (κ2) is 8.09. The van der Waals surface area contributed by atoms with Crippen molar-refractivity contribution in [3.8, 4) is 0 Å². The van der Waals surface area contributed by atoms with E-state index >= 15 is 0 Å². The van der Waals surface area contributed by atoms with Gasteiger partial charge in [0, 0.05) is 50.8 Å². The van der Waals surface area contributed by atoms with Crippen LogP contribution in [0, 0.1) is 0 Å². The highest BCUT2D eigenvalue weighted by molar-refractivity contribution is 6.01. The second-order valence-electron chi connectivity index (χ2n) is 7.60. The minimum Gasteiger partial charge on any atom is -0.376 e. The Morgan fingerprint density at radius 3 is 2.52 bits per heavy atom. The number of carbonyl (C=O) groups is 2. The van der Waals surface area contributed by atoms with Gasteiger partial charge in [-0.15, -0.1) is 0 Å². The lowest BCUT2D eigenvalue weighted by molar-refractivity contribution is -0.137. The molecule has 3 heterocycles. The average Bonchev–Trinajstić information content (AvgIpc) is 3.05. The molecule has 0 atom stereocenters. The molecule has 10 heteroatoms. The number of benzene rings is 1. The van der Waals surface area contributed by atoms with E-state index in [4.69, 9.17) is 0 Å². The van der Waals surface area contributed by atoms with Gasteiger partial charge in [0.15, 0.2) is 0 Å². The number of nitrogens with zero attached hydrogens (tertiary/aromatic N) is 4. The number of carbonyl (C=O) groups excluding carboxylic acids is 2. The molecule has 31 heavy (non-hydrogen) atoms. The molecule has 1 saturated heterocycles. The van der Waals surface area contributed by atoms with E-state index in [1.165, 1.54) is 6.07 Å². The standard InChI is InChI=1S/C21H22F3N5O2/c1-27-17-11-16(4-2-14(17)10-19(27)30)25-13-20(31)29-8-6-28(7-9-29)18-5-3-15(12-26-18)21(22,23)24/h2-5,11-12,25H,6-10,13H2,1H3. The molecule has 1 aromatic heterocycles. The summed E-state index contributed by atoms with van der Waals surface area (Å²) in [4.78, 5) is 33.5. The molecule has 7 nitrogen and oxygen atoms in total. The van der Waals surface area contributed by atoms with E-state index < -0.39 is 11.7 Å². The van der Waals surface area contributed by atoms with Crippen molar-refractivity contribution in [2.75, 3.05) is 54.9 Å². The molecule has 0 aliphatic carbocycles. The first-order valence-corrected chi connectivity index (χ1v) is 9.92. The maximum Gasteiger partial charge on any atom is 0.417 e. The number of pyridine rings is 1. The lowest BCUT2D eigenvalue weighted by atomic mass is 10.1. The summed E-state index contributed by atoms with van der Waals surface area (Å²) in [7, 11) is 1.73. The van der Waals surface area contributed by atoms with E-state index in [-0.39, 0.29) is 18.4 Å². The monoisotopic (exact) mass is 433 g/mol. The number of amides is 2. The summed E-state index contributed by atoms with van der Waals surface area (Å²) in [5.41, 5.74) is 1.80. The van der Waals surface area contributed by atoms with Gasteiger partial charge in [0.25, 0.3) is 0 Å². The molecule has 2 amide bonds. The fourth-order valence-corrected chi connectivity index (χ4v) is 3.77. The van der Waals surface area contributed by atoms with Crippen molar-refractivity contribution in [3.63, 3.8) is 0 Å². The predicted octanol–water partition coefficient (Wildman–Crippen LogP) is 2.38. The normalized spacial score (nSPS) is 16.5. The fraction of sp³-hybridized carbons (Fsp3) is 0.381. The van der Waals surface area contributed by atoms with Crippen molar-refractivity contribution in [1.82, 2.24) is 9.88 Å². The van der Waals surface area contributed by atoms with Gasteiger partial charge >= 0.3 is 6.18 Å². The number of piperazine rings is 1. The van der Waals surface area contributed by atoms with Gasteiger partial charge in [-0.25, -0.2) is 4.98 Å². The van der Waals surface area contributed by atoms with Crippen LogP contribution < -0.4 is 15.1 Å². The Kier molecular flexibility index (Phi) is 5.47. The number of hydrogen-bond acceptors (Lipinski definition) is 5. The number of nitrogens with one attached hydrogen (secondary N) is 1. The Morgan fingerprint density at radius 1 is 1.13 bits per heavy atom. The third-order valence-corrected chi connectivity index (χ3v) is 5.64. The lowest BCUT2D eigenvalue weighted by Crippen LogP contribution is -2.50. The molecule has 2 aliphatic rings. The quantitative estimate of drug-likeness (QED) is 0.802. The molecule has 0 radical (unpaired) electrons. The topological polar surface area (TPSA) is 68.8 Å². The number of rotatable bonds is 4. The van der Waals surface area contributed by atoms with Crippen molar-refractivity contribution in [3.05, 3.63) is 47.7 Å². The Hall–Kier alpha value is -3.30. The molecule has 0 unspecified atom stereocenters. The van der Waals surface area contributed by atoms with Crippen molar-refractivity contribution in [2.24, 2.45) is 0 Å². The third kappa shape index (κ3) is 4.42. The zero-order valence-electron chi connectivity index (χ0n) is 16.9. The molecule has 1 fully saturated rings. The van der Waals surface area contributed by atoms with Crippen molar-refractivity contribution < 1.29 is 22.8 Å². The molecule has 1 aromatic carbocycles. The van der Waals surface area contributed by atoms with Gasteiger partial charge in [0.1, 0.15) is 5.82 Å². The Bertz CT molecular complexity index is 985. The number of likely N-dealkylation sites (N-methyl/N-ethyl adjacent to an activating group) is 1. The highest BCUT2D eigenvalue weighted by Gasteiger charge is 2.31. The lowest BCUT2D eigenvalue weighted by Gasteiger charge is -2.35. The van der Waals surface area contributed by atoms with Crippen molar-refractivity contribution >= 4 is 29.0 Å². The van der Waals surface area contributed by atoms with E-state index in [0.29, 0.717) is 38.4 Å². The number of alkyl halides is 3. The minimum atomic E-state index is -4.41. The highest BCUT2D eigenvalue weighted by Crippen LogP contribution is 2.31. The average molecular weight is 433 g/mol. The summed E-state index contributed by atoms with van der Waals surface area (Å²) in [6, 6.07) is 7.98. The first-order chi connectivity index (χ1) is 14.7. The number of anilines is 3. The summed E-state index contributed by atoms with van der Waals surface area (Å²) >= 11 is 0. The van der Waals surface area contributed by atoms with E-state index in [2.05, 4.69) is 10.3 Å². The van der Waals surface area contributed by atoms with Gasteiger partial charge in [-0.3, -0.25) is 9.59 Å². The SMILES string of the molecule is CN1C(=O)Cc2ccc(NCC(=O)N3CCN(c4ccc(C(F)(F)F)cn4)CC3)cc21. The van der Waals surface area contributed by atoms with Crippen LogP contribution in [0.2, 0.25) is 0 Å². The molecule has 0 saturated carbocycles. The van der Waals surface area contributed by atoms with Gasteiger partial charge in [0.2, 0.25) is 11.8 Å². The van der Waals surface area contributed by atoms with Crippen molar-refractivity contribution in [2.45, 2.75) is 12.6 Å². The van der Waals surface area contributed by atoms with Crippen LogP contribution in [-0.4, -0.2) is 61.5 Å². The molecule has 164 valence electrons. The Morgan fingerprint density at radius 2 is 1.87 bits per heavy atom. The zero-order chi connectivity index (χ0) is 22.2. The number of fused-ring (bicyclic) bond motifs is 1. The van der Waals surface area contributed by atoms with Crippen LogP contribution in [0.1, 0.15) is 11.1 Å². The van der Waals surface area contributed by atoms with Crippen molar-refractivity contribution in [1.29, 1.82) is 0 Å². The fourth-order valence-electron chi connectivity index (χ4n) is 3.77. The van der Waals surface area contributed by atoms with E-state index in [0.717, 1.165) is 29.2 Å². The molecule has 2 aliphatic heterocycles. The maximum absolute atomic E-state index is 12.7. The van der Waals surface area contributed by atoms with Crippen LogP contribution in [0.15, 0.2) is 36.5 Å². The number of halogens is 3. The summed E-state index contributed by atoms with van der Waals surface area (Å²) in [5, 5.41) is 3.11. The van der Waals surface area contributed by atoms with Gasteiger partial charge in [-0.1, -0.05) is 6.07 Å². The maximum atomic E-state index is 12.7. The van der Waals surface area contributed by atoms with E-state index in [1.54, 1.807) is 16.8 Å². The van der Waals surface area contributed by atoms with Crippen LogP contribution in [0.25, 0.3) is 0 Å². The first kappa shape index (κ1) is 21.0. The van der Waals surface area contributed by atoms with Crippen LogP contribution in [0.5, 0.6) is 0 Å². The molecule has 4 rings (SSSR count). The highest BCUT2D eigenvalue weighted by atomic mass is 19.4. The molecular formula is C21H22F3N5O2. The summed E-state index contributed by atoms with van der Waals surface area (Å²) < 4.78 is 38.0. The summed E-state index contributed by atoms with van der Waals surface area (Å²) in [6.07, 6.45) is -3.19. The van der Waals surface area contributed by atoms with E-state index in [9.17, 15) is 22.8 Å². The van der Waals surface area contributed by atoms with Gasteiger partial charge in [-0.05, 0) is 29.8 Å². The van der Waals surface area contributed by atoms with E-state index in [1.807, 2.05) is 23.1 Å². The predicted molar refractivity (Wildman–Crippen MR) is 110 cm³/mol. The van der Waals surface area contributed by atoms with Crippen LogP contribution in [0.3, 0.4) is 0 Å². The second-order valence-corrected chi connectivity index (χ2v) is 7.60. The van der Waals surface area contributed by atoms with Gasteiger partial charge in [-0.2, -0.15) is 13.2 Å². The number of hydrogen-bond donors (Lipinski definition) is 1. The van der Waals surface area contributed by atoms with Crippen LogP contribution in [-0.2, 0) is 22.2 Å². The summed E-state index contributed by atoms with van der Waals surface area (Å²) in [5.74, 6) is 0.448. The first-order valence-electron chi connectivity index (χ1n) is 9.92. The summed E-state index contributed by atoms with van der Waals surface area (Å²) in [6.45, 7) is 2.04. The van der Waals surface area contributed by atoms with Crippen LogP contribution >= 0.6 is 0 Å². The smallest absolute Gasteiger partial charge is 0.376 e. The molecule has 1 N–H and O–H groups in total. The largest absolute Gasteiger partial charge is 0.417 e. The molecule has 0 spiro atoms. The van der Waals surface area contributed by atoms with Gasteiger partial charge in [0.05, 0.1) is 18.5 Å². The molecule has 0 bridgehead atoms. The Balaban J connectivity index is 1.29. The molecular weight excluding hydrogens is 411 g/mol. The van der Waals surface area contributed by atoms with Crippen LogP contribution in [0.4, 0.5) is 30.4 Å².